The van der Waals surface area contributed by atoms with E-state index in [1.54, 1.807) is 0 Å². The largest absolute Gasteiger partial charge is 0.478 e. The Morgan fingerprint density at radius 3 is 2.31 bits per heavy atom. The summed E-state index contributed by atoms with van der Waals surface area (Å²) >= 11 is 0. The Kier molecular flexibility index (Phi) is 3.74. The molecule has 0 bridgehead atoms. The van der Waals surface area contributed by atoms with Gasteiger partial charge in [-0.15, -0.1) is 0 Å². The van der Waals surface area contributed by atoms with Gasteiger partial charge in [0.2, 0.25) is 0 Å². The first-order valence-corrected chi connectivity index (χ1v) is 5.79. The van der Waals surface area contributed by atoms with Gasteiger partial charge in [-0.25, -0.2) is 4.79 Å². The topological polar surface area (TPSA) is 37.3 Å². The fourth-order valence-corrected chi connectivity index (χ4v) is 1.89. The molecule has 1 N–H and O–H groups in total. The van der Waals surface area contributed by atoms with Crippen LogP contribution in [-0.4, -0.2) is 11.1 Å². The fourth-order valence-electron chi connectivity index (χ4n) is 1.89. The fraction of sp³-hybridized carbons (Fsp3) is 0.500. The molecular formula is C14H20O2. The van der Waals surface area contributed by atoms with Crippen LogP contribution < -0.4 is 0 Å². The number of aromatic carboxylic acids is 1. The Hall–Kier alpha value is -1.31. The van der Waals surface area contributed by atoms with Crippen molar-refractivity contribution >= 4 is 5.97 Å². The van der Waals surface area contributed by atoms with Crippen LogP contribution in [0.5, 0.6) is 0 Å². The Balaban J connectivity index is 3.27. The second-order valence-corrected chi connectivity index (χ2v) is 4.60. The Labute approximate surface area is 97.3 Å². The standard InChI is InChI=1S/C14H20O2/c1-5-14(4,6-2)11-8-7-10(3)12(9-11)13(15)16/h7-9H,5-6H2,1-4H3,(H,15,16). The van der Waals surface area contributed by atoms with Crippen molar-refractivity contribution in [1.29, 1.82) is 0 Å². The molecule has 0 fully saturated rings. The van der Waals surface area contributed by atoms with Crippen LogP contribution in [0.1, 0.15) is 55.1 Å². The number of hydrogen-bond acceptors (Lipinski definition) is 1. The smallest absolute Gasteiger partial charge is 0.335 e. The van der Waals surface area contributed by atoms with E-state index in [1.807, 2.05) is 19.1 Å². The highest BCUT2D eigenvalue weighted by Crippen LogP contribution is 2.32. The molecule has 0 radical (unpaired) electrons. The minimum atomic E-state index is -0.839. The number of rotatable bonds is 4. The van der Waals surface area contributed by atoms with Gasteiger partial charge in [0.25, 0.3) is 0 Å². The lowest BCUT2D eigenvalue weighted by Crippen LogP contribution is -2.20. The molecule has 1 aromatic rings. The van der Waals surface area contributed by atoms with E-state index in [-0.39, 0.29) is 5.41 Å². The van der Waals surface area contributed by atoms with E-state index in [9.17, 15) is 4.79 Å². The van der Waals surface area contributed by atoms with E-state index >= 15 is 0 Å². The maximum Gasteiger partial charge on any atom is 0.335 e. The molecule has 88 valence electrons. The van der Waals surface area contributed by atoms with Crippen LogP contribution in [0, 0.1) is 6.92 Å². The van der Waals surface area contributed by atoms with E-state index < -0.39 is 5.97 Å². The molecule has 2 nitrogen and oxygen atoms in total. The molecule has 0 saturated heterocycles. The van der Waals surface area contributed by atoms with Crippen LogP contribution in [0.15, 0.2) is 18.2 Å². The third kappa shape index (κ3) is 2.26. The van der Waals surface area contributed by atoms with Crippen molar-refractivity contribution in [2.75, 3.05) is 0 Å². The summed E-state index contributed by atoms with van der Waals surface area (Å²) in [4.78, 5) is 11.1. The third-order valence-corrected chi connectivity index (χ3v) is 3.73. The van der Waals surface area contributed by atoms with Crippen LogP contribution in [0.3, 0.4) is 0 Å². The molecule has 16 heavy (non-hydrogen) atoms. The Bertz CT molecular complexity index is 390. The molecule has 0 aliphatic heterocycles. The van der Waals surface area contributed by atoms with Gasteiger partial charge >= 0.3 is 5.97 Å². The number of aryl methyl sites for hydroxylation is 1. The summed E-state index contributed by atoms with van der Waals surface area (Å²) in [6.45, 7) is 8.30. The molecule has 0 amide bonds. The number of hydrogen-bond donors (Lipinski definition) is 1. The van der Waals surface area contributed by atoms with Gasteiger partial charge < -0.3 is 5.11 Å². The van der Waals surface area contributed by atoms with Crippen molar-refractivity contribution in [3.05, 3.63) is 34.9 Å². The maximum atomic E-state index is 11.1. The van der Waals surface area contributed by atoms with Gasteiger partial charge in [0, 0.05) is 0 Å². The third-order valence-electron chi connectivity index (χ3n) is 3.73. The van der Waals surface area contributed by atoms with Gasteiger partial charge in [0.1, 0.15) is 0 Å². The minimum Gasteiger partial charge on any atom is -0.478 e. The summed E-state index contributed by atoms with van der Waals surface area (Å²) < 4.78 is 0. The van der Waals surface area contributed by atoms with Crippen molar-refractivity contribution in [3.63, 3.8) is 0 Å². The number of benzene rings is 1. The van der Waals surface area contributed by atoms with E-state index in [1.165, 1.54) is 0 Å². The lowest BCUT2D eigenvalue weighted by molar-refractivity contribution is 0.0696. The summed E-state index contributed by atoms with van der Waals surface area (Å²) in [6.07, 6.45) is 2.04. The highest BCUT2D eigenvalue weighted by molar-refractivity contribution is 5.89. The van der Waals surface area contributed by atoms with Crippen LogP contribution in [-0.2, 0) is 5.41 Å². The predicted molar refractivity (Wildman–Crippen MR) is 66.1 cm³/mol. The highest BCUT2D eigenvalue weighted by Gasteiger charge is 2.23. The highest BCUT2D eigenvalue weighted by atomic mass is 16.4. The average molecular weight is 220 g/mol. The Morgan fingerprint density at radius 2 is 1.88 bits per heavy atom. The zero-order valence-corrected chi connectivity index (χ0v) is 10.5. The number of carboxylic acids is 1. The molecule has 0 aliphatic carbocycles. The van der Waals surface area contributed by atoms with Crippen molar-refractivity contribution < 1.29 is 9.90 Å². The van der Waals surface area contributed by atoms with Crippen molar-refractivity contribution in [3.8, 4) is 0 Å². The van der Waals surface area contributed by atoms with Gasteiger partial charge in [-0.05, 0) is 42.4 Å². The first kappa shape index (κ1) is 12.8. The molecule has 0 heterocycles. The average Bonchev–Trinajstić information content (AvgIpc) is 2.28. The van der Waals surface area contributed by atoms with E-state index in [4.69, 9.17) is 5.11 Å². The zero-order valence-electron chi connectivity index (χ0n) is 10.5. The van der Waals surface area contributed by atoms with Gasteiger partial charge in [-0.3, -0.25) is 0 Å². The Morgan fingerprint density at radius 1 is 1.31 bits per heavy atom. The molecule has 1 rings (SSSR count). The monoisotopic (exact) mass is 220 g/mol. The number of carbonyl (C=O) groups is 1. The summed E-state index contributed by atoms with van der Waals surface area (Å²) in [7, 11) is 0. The molecule has 0 unspecified atom stereocenters. The molecule has 0 atom stereocenters. The molecule has 0 aromatic heterocycles. The molecular weight excluding hydrogens is 200 g/mol. The van der Waals surface area contributed by atoms with Crippen molar-refractivity contribution in [2.24, 2.45) is 0 Å². The molecule has 0 spiro atoms. The van der Waals surface area contributed by atoms with E-state index in [2.05, 4.69) is 26.8 Å². The normalized spacial score (nSPS) is 11.5. The lowest BCUT2D eigenvalue weighted by atomic mass is 9.77. The maximum absolute atomic E-state index is 11.1. The molecule has 1 aromatic carbocycles. The van der Waals surface area contributed by atoms with E-state index in [0.29, 0.717) is 5.56 Å². The van der Waals surface area contributed by atoms with Crippen molar-refractivity contribution in [2.45, 2.75) is 46.0 Å². The molecule has 0 saturated carbocycles. The minimum absolute atomic E-state index is 0.0813. The lowest BCUT2D eigenvalue weighted by Gasteiger charge is -2.27. The zero-order chi connectivity index (χ0) is 12.3. The van der Waals surface area contributed by atoms with Crippen molar-refractivity contribution in [1.82, 2.24) is 0 Å². The second kappa shape index (κ2) is 4.69. The molecule has 2 heteroatoms. The number of carboxylic acid groups (broad SMARTS) is 1. The van der Waals surface area contributed by atoms with Gasteiger partial charge in [0.15, 0.2) is 0 Å². The summed E-state index contributed by atoms with van der Waals surface area (Å²) in [5, 5.41) is 9.10. The quantitative estimate of drug-likeness (QED) is 0.838. The van der Waals surface area contributed by atoms with Crippen LogP contribution >= 0.6 is 0 Å². The van der Waals surface area contributed by atoms with Crippen LogP contribution in [0.2, 0.25) is 0 Å². The summed E-state index contributed by atoms with van der Waals surface area (Å²) in [6, 6.07) is 5.78. The second-order valence-electron chi connectivity index (χ2n) is 4.60. The summed E-state index contributed by atoms with van der Waals surface area (Å²) in [5.74, 6) is -0.839. The summed E-state index contributed by atoms with van der Waals surface area (Å²) in [5.41, 5.74) is 2.45. The predicted octanol–water partition coefficient (Wildman–Crippen LogP) is 3.77. The SMILES string of the molecule is CCC(C)(CC)c1ccc(C)c(C(=O)O)c1. The van der Waals surface area contributed by atoms with Gasteiger partial charge in [0.05, 0.1) is 5.56 Å². The van der Waals surface area contributed by atoms with Crippen LogP contribution in [0.25, 0.3) is 0 Å². The van der Waals surface area contributed by atoms with E-state index in [0.717, 1.165) is 24.0 Å². The first-order chi connectivity index (χ1) is 7.44. The van der Waals surface area contributed by atoms with Gasteiger partial charge in [-0.1, -0.05) is 32.9 Å². The first-order valence-electron chi connectivity index (χ1n) is 5.79. The van der Waals surface area contributed by atoms with Crippen LogP contribution in [0.4, 0.5) is 0 Å². The van der Waals surface area contributed by atoms with Gasteiger partial charge in [-0.2, -0.15) is 0 Å². The molecule has 0 aliphatic rings.